The summed E-state index contributed by atoms with van der Waals surface area (Å²) in [5.74, 6) is -0.375. The molecule has 3 N–H and O–H groups in total. The summed E-state index contributed by atoms with van der Waals surface area (Å²) in [6.07, 6.45) is 1.70. The molecule has 1 aromatic heterocycles. The van der Waals surface area contributed by atoms with E-state index >= 15 is 0 Å². The predicted octanol–water partition coefficient (Wildman–Crippen LogP) is 1.49. The fourth-order valence-electron chi connectivity index (χ4n) is 1.89. The van der Waals surface area contributed by atoms with Crippen molar-refractivity contribution in [1.29, 1.82) is 0 Å². The van der Waals surface area contributed by atoms with Crippen LogP contribution < -0.4 is 16.6 Å². The second-order valence-electron chi connectivity index (χ2n) is 5.12. The molecule has 5 nitrogen and oxygen atoms in total. The Morgan fingerprint density at radius 1 is 1.29 bits per heavy atom. The molecule has 2 aromatic rings. The van der Waals surface area contributed by atoms with Crippen LogP contribution in [-0.4, -0.2) is 16.5 Å². The van der Waals surface area contributed by atoms with Crippen LogP contribution in [0.3, 0.4) is 0 Å². The van der Waals surface area contributed by atoms with Gasteiger partial charge in [0.1, 0.15) is 5.69 Å². The van der Waals surface area contributed by atoms with Crippen LogP contribution in [0.25, 0.3) is 0 Å². The van der Waals surface area contributed by atoms with Crippen LogP contribution in [0.15, 0.2) is 47.4 Å². The summed E-state index contributed by atoms with van der Waals surface area (Å²) < 4.78 is 1.56. The number of rotatable bonds is 4. The molecule has 5 heteroatoms. The van der Waals surface area contributed by atoms with E-state index in [-0.39, 0.29) is 17.2 Å². The quantitative estimate of drug-likeness (QED) is 0.893. The van der Waals surface area contributed by atoms with Crippen molar-refractivity contribution in [1.82, 2.24) is 4.57 Å². The number of hydrogen-bond donors (Lipinski definition) is 2. The second kappa shape index (κ2) is 6.37. The molecule has 1 atom stereocenters. The topological polar surface area (TPSA) is 77.1 Å². The third kappa shape index (κ3) is 3.79. The monoisotopic (exact) mass is 285 g/mol. The Labute approximate surface area is 123 Å². The number of nitrogens with two attached hydrogens (primary N) is 1. The highest BCUT2D eigenvalue weighted by Crippen LogP contribution is 2.06. The van der Waals surface area contributed by atoms with Gasteiger partial charge in [0, 0.05) is 6.20 Å². The molecule has 0 saturated carbocycles. The molecule has 1 aromatic carbocycles. The highest BCUT2D eigenvalue weighted by Gasteiger charge is 2.11. The summed E-state index contributed by atoms with van der Waals surface area (Å²) >= 11 is 0. The zero-order valence-corrected chi connectivity index (χ0v) is 12.2. The number of hydrogen-bond acceptors (Lipinski definition) is 3. The number of aromatic nitrogens is 1. The molecule has 0 aliphatic rings. The summed E-state index contributed by atoms with van der Waals surface area (Å²) in [4.78, 5) is 23.9. The van der Waals surface area contributed by atoms with E-state index in [4.69, 9.17) is 5.73 Å². The Morgan fingerprint density at radius 2 is 1.95 bits per heavy atom. The molecule has 0 fully saturated rings. The van der Waals surface area contributed by atoms with Crippen LogP contribution in [0.4, 0.5) is 5.69 Å². The van der Waals surface area contributed by atoms with E-state index in [0.717, 1.165) is 5.56 Å². The summed E-state index contributed by atoms with van der Waals surface area (Å²) in [6.45, 7) is 4.05. The third-order valence-electron chi connectivity index (χ3n) is 3.17. The van der Waals surface area contributed by atoms with Crippen molar-refractivity contribution in [3.05, 3.63) is 64.1 Å². The highest BCUT2D eigenvalue weighted by molar-refractivity contribution is 5.94. The lowest BCUT2D eigenvalue weighted by Gasteiger charge is -2.10. The molecule has 0 saturated heterocycles. The van der Waals surface area contributed by atoms with Gasteiger partial charge in [0.25, 0.3) is 5.56 Å². The molecular weight excluding hydrogens is 266 g/mol. The van der Waals surface area contributed by atoms with Crippen LogP contribution in [-0.2, 0) is 11.3 Å². The summed E-state index contributed by atoms with van der Waals surface area (Å²) in [5.41, 5.74) is 7.68. The summed E-state index contributed by atoms with van der Waals surface area (Å²) in [6, 6.07) is 10.6. The van der Waals surface area contributed by atoms with Gasteiger partial charge in [-0.2, -0.15) is 0 Å². The van der Waals surface area contributed by atoms with Gasteiger partial charge in [-0.3, -0.25) is 9.59 Å². The number of nitrogens with zero attached hydrogens (tertiary/aromatic N) is 1. The van der Waals surface area contributed by atoms with Gasteiger partial charge >= 0.3 is 0 Å². The van der Waals surface area contributed by atoms with Crippen LogP contribution in [0.1, 0.15) is 18.1 Å². The Hall–Kier alpha value is -2.40. The highest BCUT2D eigenvalue weighted by atomic mass is 16.2. The average molecular weight is 285 g/mol. The van der Waals surface area contributed by atoms with Gasteiger partial charge in [-0.05, 0) is 31.5 Å². The Bertz CT molecular complexity index is 687. The molecule has 0 aliphatic carbocycles. The van der Waals surface area contributed by atoms with Crippen LogP contribution >= 0.6 is 0 Å². The molecule has 1 amide bonds. The molecule has 0 aliphatic heterocycles. The largest absolute Gasteiger partial charge is 0.320 e. The minimum atomic E-state index is -0.657. The number of benzene rings is 1. The number of anilines is 1. The van der Waals surface area contributed by atoms with Gasteiger partial charge in [-0.25, -0.2) is 0 Å². The summed E-state index contributed by atoms with van der Waals surface area (Å²) in [7, 11) is 0. The Kier molecular flexibility index (Phi) is 4.55. The third-order valence-corrected chi connectivity index (χ3v) is 3.17. The van der Waals surface area contributed by atoms with Crippen LogP contribution in [0.2, 0.25) is 0 Å². The lowest BCUT2D eigenvalue weighted by Crippen LogP contribution is -2.35. The van der Waals surface area contributed by atoms with E-state index in [1.165, 1.54) is 5.56 Å². The first-order valence-corrected chi connectivity index (χ1v) is 6.79. The van der Waals surface area contributed by atoms with Crippen molar-refractivity contribution in [3.8, 4) is 0 Å². The first-order valence-electron chi connectivity index (χ1n) is 6.79. The maximum absolute atomic E-state index is 12.3. The Morgan fingerprint density at radius 3 is 2.57 bits per heavy atom. The van der Waals surface area contributed by atoms with Crippen LogP contribution in [0.5, 0.6) is 0 Å². The van der Waals surface area contributed by atoms with Gasteiger partial charge < -0.3 is 15.6 Å². The molecule has 1 unspecified atom stereocenters. The number of nitrogens with one attached hydrogen (secondary N) is 1. The van der Waals surface area contributed by atoms with Crippen molar-refractivity contribution in [2.45, 2.75) is 26.4 Å². The van der Waals surface area contributed by atoms with Gasteiger partial charge in [0.05, 0.1) is 12.6 Å². The van der Waals surface area contributed by atoms with Crippen molar-refractivity contribution in [2.75, 3.05) is 5.32 Å². The number of carbonyl (C=O) groups excluding carboxylic acids is 1. The first kappa shape index (κ1) is 15.0. The standard InChI is InChI=1S/C16H19N3O2/c1-11-5-7-13(8-6-11)10-19-9-3-4-14(16(19)21)18-15(20)12(2)17/h3-9,12H,10,17H2,1-2H3,(H,18,20). The minimum Gasteiger partial charge on any atom is -0.320 e. The molecule has 1 heterocycles. The second-order valence-corrected chi connectivity index (χ2v) is 5.12. The van der Waals surface area contributed by atoms with Gasteiger partial charge in [-0.15, -0.1) is 0 Å². The molecule has 0 spiro atoms. The molecule has 0 radical (unpaired) electrons. The van der Waals surface area contributed by atoms with E-state index in [9.17, 15) is 9.59 Å². The van der Waals surface area contributed by atoms with Crippen molar-refractivity contribution in [2.24, 2.45) is 5.73 Å². The van der Waals surface area contributed by atoms with Crippen molar-refractivity contribution < 1.29 is 4.79 Å². The van der Waals surface area contributed by atoms with E-state index in [0.29, 0.717) is 6.54 Å². The lowest BCUT2D eigenvalue weighted by molar-refractivity contribution is -0.117. The number of aryl methyl sites for hydroxylation is 1. The average Bonchev–Trinajstić information content (AvgIpc) is 2.45. The van der Waals surface area contributed by atoms with Crippen LogP contribution in [0, 0.1) is 6.92 Å². The first-order chi connectivity index (χ1) is 9.97. The van der Waals surface area contributed by atoms with E-state index in [2.05, 4.69) is 5.32 Å². The summed E-state index contributed by atoms with van der Waals surface area (Å²) in [5, 5.41) is 2.55. The van der Waals surface area contributed by atoms with E-state index in [1.807, 2.05) is 31.2 Å². The lowest BCUT2D eigenvalue weighted by atomic mass is 10.1. The maximum Gasteiger partial charge on any atom is 0.274 e. The van der Waals surface area contributed by atoms with Gasteiger partial charge in [-0.1, -0.05) is 29.8 Å². The van der Waals surface area contributed by atoms with E-state index < -0.39 is 6.04 Å². The smallest absolute Gasteiger partial charge is 0.274 e. The number of amides is 1. The molecule has 2 rings (SSSR count). The van der Waals surface area contributed by atoms with Gasteiger partial charge in [0.2, 0.25) is 5.91 Å². The number of pyridine rings is 1. The molecule has 21 heavy (non-hydrogen) atoms. The molecule has 110 valence electrons. The Balaban J connectivity index is 2.23. The SMILES string of the molecule is Cc1ccc(Cn2cccc(NC(=O)C(C)N)c2=O)cc1. The van der Waals surface area contributed by atoms with E-state index in [1.54, 1.807) is 29.8 Å². The fourth-order valence-corrected chi connectivity index (χ4v) is 1.89. The zero-order chi connectivity index (χ0) is 15.4. The normalized spacial score (nSPS) is 12.0. The minimum absolute atomic E-state index is 0.243. The molecule has 0 bridgehead atoms. The number of carbonyl (C=O) groups is 1. The fraction of sp³-hybridized carbons (Fsp3) is 0.250. The zero-order valence-electron chi connectivity index (χ0n) is 12.2. The van der Waals surface area contributed by atoms with Crippen molar-refractivity contribution >= 4 is 11.6 Å². The molecular formula is C16H19N3O2. The van der Waals surface area contributed by atoms with Gasteiger partial charge in [0.15, 0.2) is 0 Å². The maximum atomic E-state index is 12.3. The predicted molar refractivity (Wildman–Crippen MR) is 83.3 cm³/mol. The van der Waals surface area contributed by atoms with Crippen molar-refractivity contribution in [3.63, 3.8) is 0 Å².